The maximum Gasteiger partial charge on any atom is 0.408 e. The van der Waals surface area contributed by atoms with Crippen molar-refractivity contribution in [3.05, 3.63) is 35.6 Å². The summed E-state index contributed by atoms with van der Waals surface area (Å²) in [5.74, 6) is -0.253. The maximum atomic E-state index is 13.9. The molecule has 0 aromatic heterocycles. The van der Waals surface area contributed by atoms with Crippen molar-refractivity contribution in [2.75, 3.05) is 19.6 Å². The van der Waals surface area contributed by atoms with Crippen molar-refractivity contribution in [1.82, 2.24) is 20.0 Å². The van der Waals surface area contributed by atoms with E-state index in [1.54, 1.807) is 32.9 Å². The van der Waals surface area contributed by atoms with Gasteiger partial charge in [0.25, 0.3) is 0 Å². The van der Waals surface area contributed by atoms with E-state index >= 15 is 0 Å². The molecule has 5 atom stereocenters. The summed E-state index contributed by atoms with van der Waals surface area (Å²) in [6.07, 6.45) is 5.63. The Morgan fingerprint density at radius 3 is 2.48 bits per heavy atom. The number of ether oxygens (including phenoxy) is 1. The number of halogens is 1. The number of nitriles is 1. The fourth-order valence-corrected chi connectivity index (χ4v) is 7.08. The quantitative estimate of drug-likeness (QED) is 0.551. The fraction of sp³-hybridized carbons (Fsp3) is 0.667. The van der Waals surface area contributed by atoms with Gasteiger partial charge in [-0.3, -0.25) is 14.5 Å². The molecule has 3 aliphatic heterocycles. The van der Waals surface area contributed by atoms with Crippen molar-refractivity contribution < 1.29 is 23.5 Å². The molecule has 3 unspecified atom stereocenters. The highest BCUT2D eigenvalue weighted by molar-refractivity contribution is 5.88. The molecule has 0 spiro atoms. The smallest absolute Gasteiger partial charge is 0.408 e. The largest absolute Gasteiger partial charge is 0.444 e. The molecule has 0 radical (unpaired) electrons. The molecule has 1 saturated carbocycles. The van der Waals surface area contributed by atoms with Crippen LogP contribution in [0.3, 0.4) is 0 Å². The lowest BCUT2D eigenvalue weighted by Gasteiger charge is -2.42. The normalized spacial score (nSPS) is 26.7. The first-order valence-corrected chi connectivity index (χ1v) is 14.6. The van der Waals surface area contributed by atoms with E-state index < -0.39 is 29.8 Å². The summed E-state index contributed by atoms with van der Waals surface area (Å²) in [5.41, 5.74) is 0.233. The second kappa shape index (κ2) is 11.4. The Balaban J connectivity index is 1.34. The Morgan fingerprint density at radius 2 is 1.85 bits per heavy atom. The monoisotopic (exact) mass is 553 g/mol. The van der Waals surface area contributed by atoms with Crippen LogP contribution in [0.15, 0.2) is 24.3 Å². The molecule has 3 amide bonds. The summed E-state index contributed by atoms with van der Waals surface area (Å²) in [6, 6.07) is 6.76. The van der Waals surface area contributed by atoms with Crippen molar-refractivity contribution >= 4 is 17.9 Å². The van der Waals surface area contributed by atoms with Crippen molar-refractivity contribution in [2.45, 2.75) is 102 Å². The molecular formula is C30H40FN5O4. The minimum absolute atomic E-state index is 0.0240. The molecule has 5 rings (SSSR count). The molecule has 3 heterocycles. The minimum atomic E-state index is -0.938. The zero-order chi connectivity index (χ0) is 28.6. The zero-order valence-electron chi connectivity index (χ0n) is 23.6. The third-order valence-corrected chi connectivity index (χ3v) is 8.76. The number of likely N-dealkylation sites (tertiary alicyclic amines) is 3. The van der Waals surface area contributed by atoms with Crippen molar-refractivity contribution in [1.29, 1.82) is 5.26 Å². The number of hydrogen-bond acceptors (Lipinski definition) is 6. The molecule has 4 fully saturated rings. The number of benzene rings is 1. The van der Waals surface area contributed by atoms with E-state index in [0.29, 0.717) is 31.8 Å². The predicted octanol–water partition coefficient (Wildman–Crippen LogP) is 3.75. The van der Waals surface area contributed by atoms with Crippen LogP contribution in [0.5, 0.6) is 0 Å². The van der Waals surface area contributed by atoms with E-state index in [4.69, 9.17) is 4.74 Å². The van der Waals surface area contributed by atoms with E-state index in [-0.39, 0.29) is 36.3 Å². The van der Waals surface area contributed by atoms with Gasteiger partial charge in [-0.25, -0.2) is 9.18 Å². The fourth-order valence-electron chi connectivity index (χ4n) is 7.08. The number of nitrogens with one attached hydrogen (secondary N) is 1. The first-order valence-electron chi connectivity index (χ1n) is 14.6. The number of carbonyl (C=O) groups is 3. The molecule has 1 aliphatic carbocycles. The van der Waals surface area contributed by atoms with Gasteiger partial charge in [0.15, 0.2) is 0 Å². The third-order valence-electron chi connectivity index (χ3n) is 8.76. The molecule has 4 aliphatic rings. The molecule has 1 aromatic rings. The Bertz CT molecular complexity index is 1160. The van der Waals surface area contributed by atoms with E-state index in [9.17, 15) is 24.0 Å². The summed E-state index contributed by atoms with van der Waals surface area (Å²) in [4.78, 5) is 45.8. The van der Waals surface area contributed by atoms with Gasteiger partial charge in [-0.05, 0) is 76.5 Å². The van der Waals surface area contributed by atoms with Crippen LogP contribution in [-0.2, 0) is 14.3 Å². The average molecular weight is 554 g/mol. The molecule has 1 aromatic carbocycles. The standard InChI is InChI=1S/C30H40FN5O4/c1-30(2,3)40-29(39)33-24(27(37)35-14-6-9-22(35)16-32)18-34-17-23-15-25(34)28(38)36(23)26(19-7-4-5-8-19)20-10-12-21(31)13-11-20/h10-13,19,22-26H,4-9,14-15,17-18H2,1-3H3,(H,33,39)/t22?,23-,24?,25?,26-/m0/s1. The number of hydrogen-bond donors (Lipinski definition) is 1. The molecule has 3 saturated heterocycles. The first-order chi connectivity index (χ1) is 19.1. The maximum absolute atomic E-state index is 13.9. The summed E-state index contributed by atoms with van der Waals surface area (Å²) < 4.78 is 19.2. The third kappa shape index (κ3) is 5.80. The number of nitrogens with zero attached hydrogens (tertiary/aromatic N) is 4. The van der Waals surface area contributed by atoms with Crippen LogP contribution in [0.4, 0.5) is 9.18 Å². The van der Waals surface area contributed by atoms with E-state index in [1.807, 2.05) is 9.80 Å². The number of piperazine rings is 1. The van der Waals surface area contributed by atoms with Gasteiger partial charge in [0, 0.05) is 25.7 Å². The van der Waals surface area contributed by atoms with Crippen molar-refractivity contribution in [3.8, 4) is 6.07 Å². The number of carbonyl (C=O) groups excluding carboxylic acids is 3. The highest BCUT2D eigenvalue weighted by Gasteiger charge is 2.54. The molecule has 9 nitrogen and oxygen atoms in total. The lowest BCUT2D eigenvalue weighted by Crippen LogP contribution is -2.59. The molecule has 10 heteroatoms. The van der Waals surface area contributed by atoms with Crippen LogP contribution >= 0.6 is 0 Å². The average Bonchev–Trinajstić information content (AvgIpc) is 3.69. The van der Waals surface area contributed by atoms with Gasteiger partial charge in [-0.15, -0.1) is 0 Å². The van der Waals surface area contributed by atoms with E-state index in [0.717, 1.165) is 37.7 Å². The topological polar surface area (TPSA) is 106 Å². The number of alkyl carbamates (subject to hydrolysis) is 1. The molecule has 216 valence electrons. The molecule has 40 heavy (non-hydrogen) atoms. The van der Waals surface area contributed by atoms with Crippen LogP contribution in [0.1, 0.15) is 77.3 Å². The van der Waals surface area contributed by atoms with Gasteiger partial charge < -0.3 is 19.9 Å². The van der Waals surface area contributed by atoms with Gasteiger partial charge in [-0.2, -0.15) is 5.26 Å². The minimum Gasteiger partial charge on any atom is -0.444 e. The summed E-state index contributed by atoms with van der Waals surface area (Å²) in [7, 11) is 0. The van der Waals surface area contributed by atoms with Gasteiger partial charge >= 0.3 is 6.09 Å². The first kappa shape index (κ1) is 28.3. The highest BCUT2D eigenvalue weighted by Crippen LogP contribution is 2.45. The van der Waals surface area contributed by atoms with Gasteiger partial charge in [-0.1, -0.05) is 25.0 Å². The van der Waals surface area contributed by atoms with Crippen LogP contribution in [0.2, 0.25) is 0 Å². The molecule has 2 bridgehead atoms. The predicted molar refractivity (Wildman–Crippen MR) is 145 cm³/mol. The van der Waals surface area contributed by atoms with Crippen LogP contribution in [0.25, 0.3) is 0 Å². The SMILES string of the molecule is CC(C)(C)OC(=O)NC(CN1C[C@@H]2CC1C(=O)N2[C@H](c1ccc(F)cc1)C1CCCC1)C(=O)N1CCCC1C#N. The second-order valence-corrected chi connectivity index (χ2v) is 12.7. The van der Waals surface area contributed by atoms with Crippen molar-refractivity contribution in [3.63, 3.8) is 0 Å². The summed E-state index contributed by atoms with van der Waals surface area (Å²) in [6.45, 7) is 6.47. The Kier molecular flexibility index (Phi) is 8.05. The summed E-state index contributed by atoms with van der Waals surface area (Å²) >= 11 is 0. The number of fused-ring (bicyclic) bond motifs is 2. The lowest BCUT2D eigenvalue weighted by atomic mass is 9.89. The second-order valence-electron chi connectivity index (χ2n) is 12.7. The number of rotatable bonds is 7. The zero-order valence-corrected chi connectivity index (χ0v) is 23.6. The van der Waals surface area contributed by atoms with Gasteiger partial charge in [0.1, 0.15) is 23.5 Å². The van der Waals surface area contributed by atoms with E-state index in [2.05, 4.69) is 11.4 Å². The molecule has 1 N–H and O–H groups in total. The summed E-state index contributed by atoms with van der Waals surface area (Å²) in [5, 5.41) is 12.3. The van der Waals surface area contributed by atoms with Crippen LogP contribution < -0.4 is 5.32 Å². The van der Waals surface area contributed by atoms with Crippen molar-refractivity contribution in [2.24, 2.45) is 5.92 Å². The van der Waals surface area contributed by atoms with Gasteiger partial charge in [0.05, 0.1) is 18.2 Å². The Hall–Kier alpha value is -3.19. The number of amides is 3. The van der Waals surface area contributed by atoms with E-state index in [1.165, 1.54) is 17.0 Å². The highest BCUT2D eigenvalue weighted by atomic mass is 19.1. The van der Waals surface area contributed by atoms with Crippen LogP contribution in [0, 0.1) is 23.1 Å². The molecular weight excluding hydrogens is 513 g/mol. The Labute approximate surface area is 235 Å². The Morgan fingerprint density at radius 1 is 1.15 bits per heavy atom. The van der Waals surface area contributed by atoms with Crippen LogP contribution in [-0.4, -0.2) is 82.0 Å². The lowest BCUT2D eigenvalue weighted by molar-refractivity contribution is -0.142. The van der Waals surface area contributed by atoms with Gasteiger partial charge in [0.2, 0.25) is 11.8 Å².